The monoisotopic (exact) mass is 445 g/mol. The fourth-order valence-electron chi connectivity index (χ4n) is 3.44. The number of hydrogen-bond donors (Lipinski definition) is 0. The highest BCUT2D eigenvalue weighted by Crippen LogP contribution is 2.34. The lowest BCUT2D eigenvalue weighted by Crippen LogP contribution is -2.50. The maximum Gasteiger partial charge on any atom is 0.238 e. The molecular weight excluding hydrogens is 422 g/mol. The number of para-hydroxylation sites is 1. The van der Waals surface area contributed by atoms with Crippen molar-refractivity contribution in [3.8, 4) is 5.75 Å². The lowest BCUT2D eigenvalue weighted by atomic mass is 10.2. The average molecular weight is 446 g/mol. The first-order valence-electron chi connectivity index (χ1n) is 9.63. The first-order valence-corrected chi connectivity index (χ1v) is 12.1. The molecule has 0 spiro atoms. The minimum absolute atomic E-state index is 0.184. The van der Waals surface area contributed by atoms with Crippen LogP contribution in [0.2, 0.25) is 0 Å². The van der Waals surface area contributed by atoms with Crippen molar-refractivity contribution in [1.82, 2.24) is 9.88 Å². The summed E-state index contributed by atoms with van der Waals surface area (Å²) in [5, 5.41) is 0.883. The smallest absolute Gasteiger partial charge is 0.238 e. The summed E-state index contributed by atoms with van der Waals surface area (Å²) in [6, 6.07) is 12.4. The molecular formula is C21H23N3O4S2. The third-order valence-corrected chi connectivity index (χ3v) is 7.89. The van der Waals surface area contributed by atoms with Crippen LogP contribution in [0.25, 0.3) is 10.2 Å². The Morgan fingerprint density at radius 2 is 1.80 bits per heavy atom. The number of amides is 1. The van der Waals surface area contributed by atoms with E-state index < -0.39 is 15.6 Å². The number of thiazole rings is 1. The van der Waals surface area contributed by atoms with Gasteiger partial charge in [-0.3, -0.25) is 4.79 Å². The molecule has 1 aromatic heterocycles. The lowest BCUT2D eigenvalue weighted by molar-refractivity contribution is -0.128. The van der Waals surface area contributed by atoms with Crippen LogP contribution >= 0.6 is 11.3 Å². The van der Waals surface area contributed by atoms with Gasteiger partial charge in [-0.1, -0.05) is 35.1 Å². The molecule has 0 unspecified atom stereocenters. The summed E-state index contributed by atoms with van der Waals surface area (Å²) in [6.45, 7) is 4.05. The molecule has 0 N–H and O–H groups in total. The number of sulfone groups is 1. The van der Waals surface area contributed by atoms with Gasteiger partial charge in [0.15, 0.2) is 15.0 Å². The number of ether oxygens (including phenoxy) is 1. The molecule has 158 valence electrons. The highest BCUT2D eigenvalue weighted by molar-refractivity contribution is 7.92. The van der Waals surface area contributed by atoms with Gasteiger partial charge in [-0.15, -0.1) is 0 Å². The second kappa shape index (κ2) is 8.23. The van der Waals surface area contributed by atoms with Crippen LogP contribution in [0.1, 0.15) is 5.56 Å². The van der Waals surface area contributed by atoms with Crippen LogP contribution in [0.5, 0.6) is 5.75 Å². The van der Waals surface area contributed by atoms with Crippen molar-refractivity contribution in [2.75, 3.05) is 43.9 Å². The van der Waals surface area contributed by atoms with E-state index in [0.717, 1.165) is 26.7 Å². The Balaban J connectivity index is 1.40. The quantitative estimate of drug-likeness (QED) is 0.601. The van der Waals surface area contributed by atoms with E-state index in [2.05, 4.69) is 4.90 Å². The highest BCUT2D eigenvalue weighted by atomic mass is 32.2. The van der Waals surface area contributed by atoms with Crippen LogP contribution < -0.4 is 9.64 Å². The number of fused-ring (bicyclic) bond motifs is 1. The zero-order valence-electron chi connectivity index (χ0n) is 16.9. The summed E-state index contributed by atoms with van der Waals surface area (Å²) in [5.41, 5.74) is 1.81. The van der Waals surface area contributed by atoms with Gasteiger partial charge in [-0.25, -0.2) is 13.4 Å². The Morgan fingerprint density at radius 3 is 2.47 bits per heavy atom. The standard InChI is InChI=1S/C21H23N3O4S2/c1-15-6-8-16(9-7-15)30(26,27)14-19(25)23-10-12-24(13-11-23)21-22-20-17(28-2)4-3-5-18(20)29-21/h3-9H,10-14H2,1-2H3. The summed E-state index contributed by atoms with van der Waals surface area (Å²) in [5.74, 6) is -0.125. The number of aryl methyl sites for hydroxylation is 1. The second-order valence-corrected chi connectivity index (χ2v) is 10.2. The molecule has 0 atom stereocenters. The zero-order valence-corrected chi connectivity index (χ0v) is 18.5. The molecule has 1 aliphatic heterocycles. The van der Waals surface area contributed by atoms with E-state index >= 15 is 0 Å². The number of piperazine rings is 1. The molecule has 9 heteroatoms. The average Bonchev–Trinajstić information content (AvgIpc) is 3.18. The van der Waals surface area contributed by atoms with E-state index in [9.17, 15) is 13.2 Å². The fourth-order valence-corrected chi connectivity index (χ4v) is 5.70. The van der Waals surface area contributed by atoms with E-state index in [1.165, 1.54) is 0 Å². The van der Waals surface area contributed by atoms with E-state index in [4.69, 9.17) is 9.72 Å². The summed E-state index contributed by atoms with van der Waals surface area (Å²) < 4.78 is 31.6. The molecule has 3 aromatic rings. The predicted molar refractivity (Wildman–Crippen MR) is 118 cm³/mol. The summed E-state index contributed by atoms with van der Waals surface area (Å²) in [7, 11) is -2.02. The van der Waals surface area contributed by atoms with E-state index in [-0.39, 0.29) is 10.8 Å². The van der Waals surface area contributed by atoms with Crippen LogP contribution in [-0.2, 0) is 14.6 Å². The van der Waals surface area contributed by atoms with Crippen molar-refractivity contribution in [2.24, 2.45) is 0 Å². The molecule has 1 aliphatic rings. The number of aromatic nitrogens is 1. The molecule has 0 bridgehead atoms. The van der Waals surface area contributed by atoms with Crippen LogP contribution in [0.15, 0.2) is 47.4 Å². The number of rotatable bonds is 5. The van der Waals surface area contributed by atoms with Crippen molar-refractivity contribution in [2.45, 2.75) is 11.8 Å². The van der Waals surface area contributed by atoms with Gasteiger partial charge in [0.1, 0.15) is 17.0 Å². The number of anilines is 1. The van der Waals surface area contributed by atoms with Crippen LogP contribution in [0, 0.1) is 6.92 Å². The number of benzene rings is 2. The van der Waals surface area contributed by atoms with E-state index in [1.807, 2.05) is 25.1 Å². The van der Waals surface area contributed by atoms with Crippen molar-refractivity contribution in [3.05, 3.63) is 48.0 Å². The first-order chi connectivity index (χ1) is 14.4. The third kappa shape index (κ3) is 4.13. The predicted octanol–water partition coefficient (Wildman–Crippen LogP) is 2.74. The van der Waals surface area contributed by atoms with Gasteiger partial charge in [0.25, 0.3) is 0 Å². The molecule has 30 heavy (non-hydrogen) atoms. The number of carbonyl (C=O) groups is 1. The van der Waals surface area contributed by atoms with Gasteiger partial charge >= 0.3 is 0 Å². The molecule has 0 aliphatic carbocycles. The Kier molecular flexibility index (Phi) is 5.66. The Labute approximate surface area is 179 Å². The molecule has 1 saturated heterocycles. The number of hydrogen-bond acceptors (Lipinski definition) is 7. The van der Waals surface area contributed by atoms with Crippen molar-refractivity contribution >= 4 is 42.4 Å². The van der Waals surface area contributed by atoms with Crippen molar-refractivity contribution in [1.29, 1.82) is 0 Å². The lowest BCUT2D eigenvalue weighted by Gasteiger charge is -2.34. The molecule has 4 rings (SSSR count). The molecule has 0 saturated carbocycles. The van der Waals surface area contributed by atoms with Crippen LogP contribution in [0.4, 0.5) is 5.13 Å². The molecule has 1 fully saturated rings. The van der Waals surface area contributed by atoms with Gasteiger partial charge < -0.3 is 14.5 Å². The Bertz CT molecular complexity index is 1160. The maximum atomic E-state index is 12.6. The summed E-state index contributed by atoms with van der Waals surface area (Å²) in [4.78, 5) is 21.3. The van der Waals surface area contributed by atoms with Gasteiger partial charge in [-0.2, -0.15) is 0 Å². The highest BCUT2D eigenvalue weighted by Gasteiger charge is 2.27. The minimum Gasteiger partial charge on any atom is -0.494 e. The van der Waals surface area contributed by atoms with Crippen molar-refractivity contribution < 1.29 is 17.9 Å². The zero-order chi connectivity index (χ0) is 21.3. The van der Waals surface area contributed by atoms with Crippen molar-refractivity contribution in [3.63, 3.8) is 0 Å². The van der Waals surface area contributed by atoms with Crippen LogP contribution in [0.3, 0.4) is 0 Å². The largest absolute Gasteiger partial charge is 0.494 e. The summed E-state index contributed by atoms with van der Waals surface area (Å²) in [6.07, 6.45) is 0. The number of carbonyl (C=O) groups excluding carboxylic acids is 1. The second-order valence-electron chi connectivity index (χ2n) is 7.24. The molecule has 0 radical (unpaired) electrons. The van der Waals surface area contributed by atoms with Gasteiger partial charge in [0, 0.05) is 26.2 Å². The van der Waals surface area contributed by atoms with E-state index in [0.29, 0.717) is 26.2 Å². The number of nitrogens with zero attached hydrogens (tertiary/aromatic N) is 3. The first kappa shape index (κ1) is 20.6. The fraction of sp³-hybridized carbons (Fsp3) is 0.333. The normalized spacial score (nSPS) is 14.9. The van der Waals surface area contributed by atoms with E-state index in [1.54, 1.807) is 47.6 Å². The van der Waals surface area contributed by atoms with Gasteiger partial charge in [0.05, 0.1) is 16.7 Å². The third-order valence-electron chi connectivity index (χ3n) is 5.19. The van der Waals surface area contributed by atoms with Crippen LogP contribution in [-0.4, -0.2) is 63.3 Å². The SMILES string of the molecule is COc1cccc2sc(N3CCN(C(=O)CS(=O)(=O)c4ccc(C)cc4)CC3)nc12. The molecule has 2 aromatic carbocycles. The minimum atomic E-state index is -3.65. The molecule has 2 heterocycles. The molecule has 1 amide bonds. The maximum absolute atomic E-state index is 12.6. The Hall–Kier alpha value is -2.65. The number of methoxy groups -OCH3 is 1. The van der Waals surface area contributed by atoms with Gasteiger partial charge in [-0.05, 0) is 31.2 Å². The topological polar surface area (TPSA) is 79.8 Å². The van der Waals surface area contributed by atoms with Gasteiger partial charge in [0.2, 0.25) is 5.91 Å². The Morgan fingerprint density at radius 1 is 1.10 bits per heavy atom. The summed E-state index contributed by atoms with van der Waals surface area (Å²) >= 11 is 1.59. The molecule has 7 nitrogen and oxygen atoms in total.